The quantitative estimate of drug-likeness (QED) is 0.622. The summed E-state index contributed by atoms with van der Waals surface area (Å²) in [5, 5.41) is 2.91. The molecule has 0 saturated carbocycles. The second-order valence-electron chi connectivity index (χ2n) is 7.31. The Morgan fingerprint density at radius 1 is 1.13 bits per heavy atom. The highest BCUT2D eigenvalue weighted by Gasteiger charge is 2.19. The fourth-order valence-electron chi connectivity index (χ4n) is 2.89. The van der Waals surface area contributed by atoms with E-state index in [0.717, 1.165) is 15.6 Å². The van der Waals surface area contributed by atoms with Gasteiger partial charge in [-0.05, 0) is 55.7 Å². The van der Waals surface area contributed by atoms with Gasteiger partial charge in [-0.3, -0.25) is 4.79 Å². The zero-order valence-electron chi connectivity index (χ0n) is 18.1. The van der Waals surface area contributed by atoms with Gasteiger partial charge in [-0.15, -0.1) is 0 Å². The van der Waals surface area contributed by atoms with Crippen LogP contribution in [0.1, 0.15) is 24.5 Å². The van der Waals surface area contributed by atoms with Gasteiger partial charge in [-0.25, -0.2) is 12.7 Å². The number of benzene rings is 2. The van der Waals surface area contributed by atoms with E-state index in [1.807, 2.05) is 38.1 Å². The van der Waals surface area contributed by atoms with E-state index in [2.05, 4.69) is 5.32 Å². The molecule has 0 unspecified atom stereocenters. The molecule has 0 aliphatic heterocycles. The molecule has 7 nitrogen and oxygen atoms in total. The molecule has 0 aliphatic rings. The molecule has 1 N–H and O–H groups in total. The molecular formula is C22H30N2O5S. The predicted molar refractivity (Wildman–Crippen MR) is 116 cm³/mol. The molecule has 0 heterocycles. The summed E-state index contributed by atoms with van der Waals surface area (Å²) in [6.45, 7) is 4.20. The monoisotopic (exact) mass is 434 g/mol. The molecule has 0 aromatic heterocycles. The van der Waals surface area contributed by atoms with Crippen molar-refractivity contribution in [3.63, 3.8) is 0 Å². The molecule has 0 bridgehead atoms. The van der Waals surface area contributed by atoms with Gasteiger partial charge in [0.25, 0.3) is 0 Å². The molecule has 2 aromatic rings. The summed E-state index contributed by atoms with van der Waals surface area (Å²) in [7, 11) is 0.918. The molecule has 0 spiro atoms. The molecule has 164 valence electrons. The zero-order valence-corrected chi connectivity index (χ0v) is 19.0. The number of aryl methyl sites for hydroxylation is 2. The number of para-hydroxylation sites is 1. The van der Waals surface area contributed by atoms with Crippen LogP contribution in [-0.2, 0) is 21.2 Å². The fraction of sp³-hybridized carbons (Fsp3) is 0.409. The topological polar surface area (TPSA) is 84.9 Å². The molecule has 0 fully saturated rings. The fourth-order valence-corrected chi connectivity index (χ4v) is 3.84. The van der Waals surface area contributed by atoms with E-state index in [0.29, 0.717) is 24.3 Å². The third kappa shape index (κ3) is 6.21. The summed E-state index contributed by atoms with van der Waals surface area (Å²) in [6, 6.07) is 12.2. The Hall–Kier alpha value is -2.58. The summed E-state index contributed by atoms with van der Waals surface area (Å²) >= 11 is 0. The first-order valence-electron chi connectivity index (χ1n) is 9.72. The summed E-state index contributed by atoms with van der Waals surface area (Å²) in [6.07, 6.45) is 0.563. The molecule has 8 heteroatoms. The highest BCUT2D eigenvalue weighted by atomic mass is 32.2. The maximum Gasteiger partial charge on any atom is 0.242 e. The lowest BCUT2D eigenvalue weighted by Crippen LogP contribution is -2.37. The Morgan fingerprint density at radius 3 is 2.47 bits per heavy atom. The first-order chi connectivity index (χ1) is 14.1. The molecule has 0 aliphatic carbocycles. The van der Waals surface area contributed by atoms with Crippen molar-refractivity contribution in [2.75, 3.05) is 27.8 Å². The summed E-state index contributed by atoms with van der Waals surface area (Å²) in [5.41, 5.74) is 1.70. The van der Waals surface area contributed by atoms with Crippen molar-refractivity contribution < 1.29 is 22.7 Å². The summed E-state index contributed by atoms with van der Waals surface area (Å²) in [4.78, 5) is 12.5. The number of hydrogen-bond donors (Lipinski definition) is 1. The van der Waals surface area contributed by atoms with Gasteiger partial charge < -0.3 is 14.8 Å². The Balaban J connectivity index is 1.95. The van der Waals surface area contributed by atoms with Gasteiger partial charge in [0.1, 0.15) is 18.1 Å². The highest BCUT2D eigenvalue weighted by molar-refractivity contribution is 7.89. The van der Waals surface area contributed by atoms with Crippen LogP contribution in [0, 0.1) is 6.92 Å². The van der Waals surface area contributed by atoms with E-state index < -0.39 is 10.0 Å². The van der Waals surface area contributed by atoms with Gasteiger partial charge in [-0.1, -0.05) is 18.2 Å². The Morgan fingerprint density at radius 2 is 1.83 bits per heavy atom. The van der Waals surface area contributed by atoms with Crippen LogP contribution in [0.5, 0.6) is 11.5 Å². The van der Waals surface area contributed by atoms with Crippen molar-refractivity contribution in [2.45, 2.75) is 37.6 Å². The van der Waals surface area contributed by atoms with Crippen LogP contribution in [0.25, 0.3) is 0 Å². The van der Waals surface area contributed by atoms with Gasteiger partial charge in [0.15, 0.2) is 0 Å². The van der Waals surface area contributed by atoms with Gasteiger partial charge >= 0.3 is 0 Å². The Kier molecular flexibility index (Phi) is 8.25. The lowest BCUT2D eigenvalue weighted by Gasteiger charge is -2.17. The lowest BCUT2D eigenvalue weighted by atomic mass is 10.1. The zero-order chi connectivity index (χ0) is 22.3. The smallest absolute Gasteiger partial charge is 0.242 e. The maximum absolute atomic E-state index is 12.4. The van der Waals surface area contributed by atoms with Crippen LogP contribution in [0.4, 0.5) is 0 Å². The number of carbonyl (C=O) groups is 1. The van der Waals surface area contributed by atoms with Crippen molar-refractivity contribution in [1.82, 2.24) is 9.62 Å². The van der Waals surface area contributed by atoms with Crippen LogP contribution in [0.3, 0.4) is 0 Å². The van der Waals surface area contributed by atoms with Crippen LogP contribution in [0.15, 0.2) is 47.4 Å². The van der Waals surface area contributed by atoms with Crippen molar-refractivity contribution in [3.05, 3.63) is 53.6 Å². The van der Waals surface area contributed by atoms with Crippen LogP contribution < -0.4 is 14.8 Å². The number of rotatable bonds is 10. The number of ether oxygens (including phenoxy) is 2. The minimum Gasteiger partial charge on any atom is -0.496 e. The third-order valence-electron chi connectivity index (χ3n) is 4.64. The normalized spacial score (nSPS) is 12.5. The number of sulfonamides is 1. The molecule has 2 aromatic carbocycles. The number of amides is 1. The number of carbonyl (C=O) groups excluding carboxylic acids is 1. The molecule has 0 radical (unpaired) electrons. The van der Waals surface area contributed by atoms with Crippen molar-refractivity contribution in [2.24, 2.45) is 0 Å². The average molecular weight is 435 g/mol. The molecule has 30 heavy (non-hydrogen) atoms. The second kappa shape index (κ2) is 10.4. The molecule has 1 amide bonds. The van der Waals surface area contributed by atoms with Gasteiger partial charge in [0, 0.05) is 20.5 Å². The van der Waals surface area contributed by atoms with Gasteiger partial charge in [0.05, 0.1) is 18.0 Å². The summed E-state index contributed by atoms with van der Waals surface area (Å²) in [5.74, 6) is 1.21. The Labute approximate surface area is 179 Å². The summed E-state index contributed by atoms with van der Waals surface area (Å²) < 4.78 is 37.0. The maximum atomic E-state index is 12.4. The molecule has 2 rings (SSSR count). The number of nitrogens with one attached hydrogen (secondary N) is 1. The number of methoxy groups -OCH3 is 1. The highest BCUT2D eigenvalue weighted by Crippen LogP contribution is 2.25. The lowest BCUT2D eigenvalue weighted by molar-refractivity contribution is -0.121. The van der Waals surface area contributed by atoms with E-state index in [1.165, 1.54) is 27.3 Å². The van der Waals surface area contributed by atoms with Gasteiger partial charge in [0.2, 0.25) is 15.9 Å². The van der Waals surface area contributed by atoms with E-state index >= 15 is 0 Å². The standard InChI is InChI=1S/C22H30N2O5S/c1-16-8-6-7-9-20(16)29-15-17(2)23-22(25)13-10-18-14-19(11-12-21(18)28-5)30(26,27)24(3)4/h6-9,11-12,14,17H,10,13,15H2,1-5H3,(H,23,25)/t17-/m0/s1. The minimum atomic E-state index is -3.56. The van der Waals surface area contributed by atoms with E-state index in [-0.39, 0.29) is 23.3 Å². The van der Waals surface area contributed by atoms with Crippen molar-refractivity contribution in [1.29, 1.82) is 0 Å². The van der Waals surface area contributed by atoms with Crippen LogP contribution in [-0.4, -0.2) is 52.5 Å². The predicted octanol–water partition coefficient (Wildman–Crippen LogP) is 2.77. The largest absolute Gasteiger partial charge is 0.496 e. The number of nitrogens with zero attached hydrogens (tertiary/aromatic N) is 1. The van der Waals surface area contributed by atoms with Gasteiger partial charge in [-0.2, -0.15) is 0 Å². The first kappa shape index (κ1) is 23.7. The molecular weight excluding hydrogens is 404 g/mol. The molecule has 0 saturated heterocycles. The third-order valence-corrected chi connectivity index (χ3v) is 6.45. The Bertz CT molecular complexity index is 973. The van der Waals surface area contributed by atoms with E-state index in [4.69, 9.17) is 9.47 Å². The second-order valence-corrected chi connectivity index (χ2v) is 9.46. The average Bonchev–Trinajstić information content (AvgIpc) is 2.71. The van der Waals surface area contributed by atoms with E-state index in [1.54, 1.807) is 12.1 Å². The number of hydrogen-bond acceptors (Lipinski definition) is 5. The van der Waals surface area contributed by atoms with E-state index in [9.17, 15) is 13.2 Å². The minimum absolute atomic E-state index is 0.140. The van der Waals surface area contributed by atoms with Crippen LogP contribution in [0.2, 0.25) is 0 Å². The van der Waals surface area contributed by atoms with Crippen molar-refractivity contribution in [3.8, 4) is 11.5 Å². The van der Waals surface area contributed by atoms with Crippen molar-refractivity contribution >= 4 is 15.9 Å². The molecule has 1 atom stereocenters. The first-order valence-corrected chi connectivity index (χ1v) is 11.2. The van der Waals surface area contributed by atoms with Crippen LogP contribution >= 0.6 is 0 Å². The SMILES string of the molecule is COc1ccc(S(=O)(=O)N(C)C)cc1CCC(=O)N[C@@H](C)COc1ccccc1C.